The quantitative estimate of drug-likeness (QED) is 0.754. The Morgan fingerprint density at radius 1 is 1.26 bits per heavy atom. The predicted octanol–water partition coefficient (Wildman–Crippen LogP) is 0.151. The fourth-order valence-electron chi connectivity index (χ4n) is 2.10. The summed E-state index contributed by atoms with van der Waals surface area (Å²) in [5, 5.41) is 18.6. The summed E-state index contributed by atoms with van der Waals surface area (Å²) in [6.45, 7) is 0.0421. The van der Waals surface area contributed by atoms with E-state index >= 15 is 0 Å². The van der Waals surface area contributed by atoms with Crippen LogP contribution < -0.4 is 0 Å². The first kappa shape index (κ1) is 13.2. The van der Waals surface area contributed by atoms with E-state index in [1.807, 2.05) is 0 Å². The molecule has 2 N–H and O–H groups in total. The molecule has 1 aliphatic rings. The fraction of sp³-hybridized carbons (Fsp3) is 0.308. The van der Waals surface area contributed by atoms with Crippen molar-refractivity contribution < 1.29 is 24.6 Å². The zero-order valence-corrected chi connectivity index (χ0v) is 10.1. The molecule has 1 heterocycles. The van der Waals surface area contributed by atoms with Gasteiger partial charge < -0.3 is 10.2 Å². The molecule has 6 heteroatoms. The summed E-state index contributed by atoms with van der Waals surface area (Å²) in [6.07, 6.45) is -1.24. The summed E-state index contributed by atoms with van der Waals surface area (Å²) in [6, 6.07) is 8.83. The standard InChI is InChI=1S/C13H13NO5/c15-10-6-13(19,7-11(16)17)12(18)14(10)8-9-4-2-1-3-5-9/h1-5,19H,6-8H2,(H,16,17). The van der Waals surface area contributed by atoms with Crippen molar-refractivity contribution in [3.05, 3.63) is 35.9 Å². The van der Waals surface area contributed by atoms with Crippen molar-refractivity contribution in [1.82, 2.24) is 4.90 Å². The van der Waals surface area contributed by atoms with E-state index in [1.165, 1.54) is 0 Å². The molecule has 2 rings (SSSR count). The Morgan fingerprint density at radius 3 is 2.47 bits per heavy atom. The van der Waals surface area contributed by atoms with Gasteiger partial charge in [0, 0.05) is 0 Å². The molecule has 2 amide bonds. The number of hydrogen-bond donors (Lipinski definition) is 2. The maximum Gasteiger partial charge on any atom is 0.306 e. The molecule has 1 atom stereocenters. The number of amides is 2. The Morgan fingerprint density at radius 2 is 1.89 bits per heavy atom. The Hall–Kier alpha value is -2.21. The second kappa shape index (κ2) is 4.81. The van der Waals surface area contributed by atoms with Crippen LogP contribution >= 0.6 is 0 Å². The van der Waals surface area contributed by atoms with Crippen molar-refractivity contribution in [2.45, 2.75) is 25.0 Å². The molecule has 6 nitrogen and oxygen atoms in total. The van der Waals surface area contributed by atoms with E-state index in [0.29, 0.717) is 0 Å². The number of rotatable bonds is 4. The number of nitrogens with zero attached hydrogens (tertiary/aromatic N) is 1. The van der Waals surface area contributed by atoms with Gasteiger partial charge in [0.05, 0.1) is 19.4 Å². The molecule has 0 aromatic heterocycles. The number of carbonyl (C=O) groups excluding carboxylic acids is 2. The molecule has 0 aliphatic carbocycles. The van der Waals surface area contributed by atoms with Crippen LogP contribution in [-0.4, -0.2) is 38.5 Å². The van der Waals surface area contributed by atoms with E-state index in [0.717, 1.165) is 10.5 Å². The lowest BCUT2D eigenvalue weighted by atomic mass is 9.98. The van der Waals surface area contributed by atoms with E-state index in [4.69, 9.17) is 5.11 Å². The highest BCUT2D eigenvalue weighted by Gasteiger charge is 2.51. The van der Waals surface area contributed by atoms with E-state index < -0.39 is 36.2 Å². The second-order valence-corrected chi connectivity index (χ2v) is 4.55. The van der Waals surface area contributed by atoms with Gasteiger partial charge in [0.2, 0.25) is 5.91 Å². The molecular weight excluding hydrogens is 250 g/mol. The van der Waals surface area contributed by atoms with Gasteiger partial charge in [-0.3, -0.25) is 19.3 Å². The largest absolute Gasteiger partial charge is 0.481 e. The monoisotopic (exact) mass is 263 g/mol. The van der Waals surface area contributed by atoms with E-state index in [2.05, 4.69) is 0 Å². The lowest BCUT2D eigenvalue weighted by Gasteiger charge is -2.19. The third-order valence-corrected chi connectivity index (χ3v) is 3.02. The summed E-state index contributed by atoms with van der Waals surface area (Å²) in [5.74, 6) is -2.72. The summed E-state index contributed by atoms with van der Waals surface area (Å²) < 4.78 is 0. The zero-order valence-electron chi connectivity index (χ0n) is 10.1. The van der Waals surface area contributed by atoms with Gasteiger partial charge in [-0.2, -0.15) is 0 Å². The van der Waals surface area contributed by atoms with Crippen molar-refractivity contribution in [3.63, 3.8) is 0 Å². The van der Waals surface area contributed by atoms with Gasteiger partial charge in [0.1, 0.15) is 0 Å². The molecule has 1 unspecified atom stereocenters. The molecule has 1 fully saturated rings. The number of hydrogen-bond acceptors (Lipinski definition) is 4. The molecule has 100 valence electrons. The maximum absolute atomic E-state index is 12.0. The minimum Gasteiger partial charge on any atom is -0.481 e. The van der Waals surface area contributed by atoms with Gasteiger partial charge in [-0.1, -0.05) is 30.3 Å². The Labute approximate surface area is 109 Å². The summed E-state index contributed by atoms with van der Waals surface area (Å²) in [5.41, 5.74) is -1.37. The molecule has 1 aromatic rings. The van der Waals surface area contributed by atoms with Crippen molar-refractivity contribution in [2.75, 3.05) is 0 Å². The van der Waals surface area contributed by atoms with Crippen LogP contribution in [0.5, 0.6) is 0 Å². The second-order valence-electron chi connectivity index (χ2n) is 4.55. The number of carboxylic acid groups (broad SMARTS) is 1. The van der Waals surface area contributed by atoms with Gasteiger partial charge in [-0.25, -0.2) is 0 Å². The van der Waals surface area contributed by atoms with Crippen LogP contribution in [0.15, 0.2) is 30.3 Å². The molecule has 0 bridgehead atoms. The highest BCUT2D eigenvalue weighted by molar-refractivity contribution is 6.08. The van der Waals surface area contributed by atoms with Crippen LogP contribution in [0.25, 0.3) is 0 Å². The normalized spacial score (nSPS) is 22.9. The fourth-order valence-corrected chi connectivity index (χ4v) is 2.10. The highest BCUT2D eigenvalue weighted by atomic mass is 16.4. The van der Waals surface area contributed by atoms with E-state index in [9.17, 15) is 19.5 Å². The first-order chi connectivity index (χ1) is 8.92. The number of aliphatic carboxylic acids is 1. The summed E-state index contributed by atoms with van der Waals surface area (Å²) in [4.78, 5) is 35.2. The first-order valence-corrected chi connectivity index (χ1v) is 5.75. The molecule has 0 radical (unpaired) electrons. The van der Waals surface area contributed by atoms with Gasteiger partial charge in [-0.05, 0) is 5.56 Å². The van der Waals surface area contributed by atoms with Crippen LogP contribution in [0, 0.1) is 0 Å². The van der Waals surface area contributed by atoms with Crippen molar-refractivity contribution in [3.8, 4) is 0 Å². The average molecular weight is 263 g/mol. The predicted molar refractivity (Wildman–Crippen MR) is 63.8 cm³/mol. The van der Waals surface area contributed by atoms with Gasteiger partial charge in [-0.15, -0.1) is 0 Å². The Kier molecular flexibility index (Phi) is 3.35. The first-order valence-electron chi connectivity index (χ1n) is 5.75. The van der Waals surface area contributed by atoms with E-state index in [1.54, 1.807) is 30.3 Å². The summed E-state index contributed by atoms with van der Waals surface area (Å²) in [7, 11) is 0. The summed E-state index contributed by atoms with van der Waals surface area (Å²) >= 11 is 0. The molecular formula is C13H13NO5. The Balaban J connectivity index is 2.17. The lowest BCUT2D eigenvalue weighted by Crippen LogP contribution is -2.41. The SMILES string of the molecule is O=C(O)CC1(O)CC(=O)N(Cc2ccccc2)C1=O. The topological polar surface area (TPSA) is 94.9 Å². The molecule has 1 aromatic carbocycles. The van der Waals surface area contributed by atoms with Crippen LogP contribution in [-0.2, 0) is 20.9 Å². The van der Waals surface area contributed by atoms with Crippen molar-refractivity contribution >= 4 is 17.8 Å². The zero-order chi connectivity index (χ0) is 14.0. The van der Waals surface area contributed by atoms with Crippen LogP contribution in [0.1, 0.15) is 18.4 Å². The van der Waals surface area contributed by atoms with Gasteiger partial charge >= 0.3 is 5.97 Å². The third kappa shape index (κ3) is 2.63. The minimum atomic E-state index is -2.11. The number of carboxylic acids is 1. The molecule has 1 saturated heterocycles. The lowest BCUT2D eigenvalue weighted by molar-refractivity contribution is -0.154. The van der Waals surface area contributed by atoms with Crippen molar-refractivity contribution in [2.24, 2.45) is 0 Å². The molecule has 1 aliphatic heterocycles. The van der Waals surface area contributed by atoms with Crippen LogP contribution in [0.4, 0.5) is 0 Å². The van der Waals surface area contributed by atoms with Gasteiger partial charge in [0.15, 0.2) is 5.60 Å². The number of aliphatic hydroxyl groups is 1. The number of benzene rings is 1. The maximum atomic E-state index is 12.0. The average Bonchev–Trinajstić information content (AvgIpc) is 2.53. The number of likely N-dealkylation sites (tertiary alicyclic amines) is 1. The minimum absolute atomic E-state index is 0.0421. The molecule has 0 saturated carbocycles. The molecule has 0 spiro atoms. The Bertz CT molecular complexity index is 527. The number of imide groups is 1. The van der Waals surface area contributed by atoms with Crippen LogP contribution in [0.3, 0.4) is 0 Å². The number of carbonyl (C=O) groups is 3. The van der Waals surface area contributed by atoms with Crippen LogP contribution in [0.2, 0.25) is 0 Å². The molecule has 19 heavy (non-hydrogen) atoms. The highest BCUT2D eigenvalue weighted by Crippen LogP contribution is 2.28. The van der Waals surface area contributed by atoms with E-state index in [-0.39, 0.29) is 6.54 Å². The van der Waals surface area contributed by atoms with Gasteiger partial charge in [0.25, 0.3) is 5.91 Å². The third-order valence-electron chi connectivity index (χ3n) is 3.02. The smallest absolute Gasteiger partial charge is 0.306 e. The van der Waals surface area contributed by atoms with Crippen molar-refractivity contribution in [1.29, 1.82) is 0 Å².